The molecule has 0 aromatic carbocycles. The Morgan fingerprint density at radius 3 is 3.06 bits per heavy atom. The van der Waals surface area contributed by atoms with Crippen molar-refractivity contribution in [3.8, 4) is 0 Å². The molecule has 17 heavy (non-hydrogen) atoms. The van der Waals surface area contributed by atoms with E-state index in [0.717, 1.165) is 30.6 Å². The molecule has 0 spiro atoms. The lowest BCUT2D eigenvalue weighted by Crippen LogP contribution is -2.24. The summed E-state index contributed by atoms with van der Waals surface area (Å²) in [6.07, 6.45) is 4.25. The van der Waals surface area contributed by atoms with E-state index in [2.05, 4.69) is 33.7 Å². The van der Waals surface area contributed by atoms with Crippen molar-refractivity contribution < 1.29 is 0 Å². The van der Waals surface area contributed by atoms with Gasteiger partial charge in [-0.3, -0.25) is 0 Å². The third-order valence-electron chi connectivity index (χ3n) is 2.96. The van der Waals surface area contributed by atoms with Crippen LogP contribution in [0.15, 0.2) is 18.5 Å². The molecule has 0 radical (unpaired) electrons. The van der Waals surface area contributed by atoms with Crippen LogP contribution >= 0.6 is 0 Å². The van der Waals surface area contributed by atoms with Crippen molar-refractivity contribution in [2.45, 2.75) is 25.8 Å². The zero-order chi connectivity index (χ0) is 11.7. The lowest BCUT2D eigenvalue weighted by atomic mass is 10.3. The van der Waals surface area contributed by atoms with Gasteiger partial charge in [0, 0.05) is 19.1 Å². The summed E-state index contributed by atoms with van der Waals surface area (Å²) in [5.74, 6) is 1.01. The van der Waals surface area contributed by atoms with E-state index in [1.54, 1.807) is 6.33 Å². The highest BCUT2D eigenvalue weighted by Gasteiger charge is 2.19. The molecule has 2 aromatic heterocycles. The van der Waals surface area contributed by atoms with E-state index in [4.69, 9.17) is 0 Å². The number of aromatic nitrogens is 3. The van der Waals surface area contributed by atoms with Gasteiger partial charge < -0.3 is 10.6 Å². The molecule has 1 fully saturated rings. The number of rotatable bonds is 5. The molecule has 0 bridgehead atoms. The number of hydrogen-bond acceptors (Lipinski definition) is 4. The second-order valence-corrected chi connectivity index (χ2v) is 4.60. The fourth-order valence-electron chi connectivity index (χ4n) is 1.94. The number of nitrogens with zero attached hydrogens (tertiary/aromatic N) is 3. The van der Waals surface area contributed by atoms with Crippen LogP contribution in [0.1, 0.15) is 18.4 Å². The monoisotopic (exact) mass is 231 g/mol. The molecule has 5 heteroatoms. The quantitative estimate of drug-likeness (QED) is 0.759. The van der Waals surface area contributed by atoms with Gasteiger partial charge in [-0.15, -0.1) is 0 Å². The molecule has 90 valence electrons. The smallest absolute Gasteiger partial charge is 0.157 e. The molecule has 2 aromatic rings. The largest absolute Gasteiger partial charge is 0.369 e. The highest BCUT2D eigenvalue weighted by atomic mass is 15.3. The van der Waals surface area contributed by atoms with E-state index in [1.165, 1.54) is 18.4 Å². The number of hydrogen-bond donors (Lipinski definition) is 2. The minimum absolute atomic E-state index is 0.765. The molecular weight excluding hydrogens is 214 g/mol. The summed E-state index contributed by atoms with van der Waals surface area (Å²) in [6.45, 7) is 3.98. The van der Waals surface area contributed by atoms with Gasteiger partial charge in [-0.1, -0.05) is 0 Å². The molecule has 1 aliphatic carbocycles. The number of fused-ring (bicyclic) bond motifs is 1. The van der Waals surface area contributed by atoms with E-state index in [-0.39, 0.29) is 0 Å². The van der Waals surface area contributed by atoms with Crippen molar-refractivity contribution in [1.82, 2.24) is 19.9 Å². The molecular formula is C12H17N5. The first-order chi connectivity index (χ1) is 8.33. The standard InChI is InChI=1S/C12H17N5/c1-9-6-11(14-5-4-13-10-2-3-10)17-12(7-9)15-8-16-17/h6-8,10,13-14H,2-5H2,1H3. The number of pyridine rings is 1. The topological polar surface area (TPSA) is 54.2 Å². The highest BCUT2D eigenvalue weighted by Crippen LogP contribution is 2.18. The van der Waals surface area contributed by atoms with E-state index in [9.17, 15) is 0 Å². The molecule has 0 saturated heterocycles. The van der Waals surface area contributed by atoms with Crippen LogP contribution in [-0.2, 0) is 0 Å². The molecule has 0 atom stereocenters. The summed E-state index contributed by atoms with van der Waals surface area (Å²) < 4.78 is 1.84. The second-order valence-electron chi connectivity index (χ2n) is 4.60. The maximum atomic E-state index is 4.21. The van der Waals surface area contributed by atoms with Gasteiger partial charge in [-0.25, -0.2) is 4.98 Å². The summed E-state index contributed by atoms with van der Waals surface area (Å²) in [4.78, 5) is 4.20. The van der Waals surface area contributed by atoms with Gasteiger partial charge in [0.2, 0.25) is 0 Å². The van der Waals surface area contributed by atoms with Gasteiger partial charge in [-0.2, -0.15) is 9.61 Å². The normalized spacial score (nSPS) is 15.4. The van der Waals surface area contributed by atoms with Gasteiger partial charge >= 0.3 is 0 Å². The first-order valence-corrected chi connectivity index (χ1v) is 6.10. The minimum Gasteiger partial charge on any atom is -0.369 e. The predicted octanol–water partition coefficient (Wildman–Crippen LogP) is 1.20. The van der Waals surface area contributed by atoms with Crippen LogP contribution in [0.4, 0.5) is 5.82 Å². The molecule has 5 nitrogen and oxygen atoms in total. The van der Waals surface area contributed by atoms with Gasteiger partial charge in [0.25, 0.3) is 0 Å². The van der Waals surface area contributed by atoms with Gasteiger partial charge in [0.05, 0.1) is 0 Å². The first kappa shape index (κ1) is 10.5. The Kier molecular flexibility index (Phi) is 2.68. The van der Waals surface area contributed by atoms with Crippen molar-refractivity contribution in [3.05, 3.63) is 24.0 Å². The average molecular weight is 231 g/mol. The van der Waals surface area contributed by atoms with Crippen molar-refractivity contribution in [1.29, 1.82) is 0 Å². The zero-order valence-corrected chi connectivity index (χ0v) is 9.98. The minimum atomic E-state index is 0.765. The van der Waals surface area contributed by atoms with E-state index in [1.807, 2.05) is 10.6 Å². The lowest BCUT2D eigenvalue weighted by Gasteiger charge is -2.09. The van der Waals surface area contributed by atoms with Gasteiger partial charge in [-0.05, 0) is 37.5 Å². The fraction of sp³-hybridized carbons (Fsp3) is 0.500. The van der Waals surface area contributed by atoms with Crippen molar-refractivity contribution in [2.75, 3.05) is 18.4 Å². The van der Waals surface area contributed by atoms with Crippen molar-refractivity contribution >= 4 is 11.5 Å². The number of nitrogens with one attached hydrogen (secondary N) is 2. The van der Waals surface area contributed by atoms with E-state index < -0.39 is 0 Å². The zero-order valence-electron chi connectivity index (χ0n) is 9.98. The Morgan fingerprint density at radius 2 is 2.24 bits per heavy atom. The Balaban J connectivity index is 1.67. The molecule has 0 unspecified atom stereocenters. The Hall–Kier alpha value is -1.62. The van der Waals surface area contributed by atoms with Gasteiger partial charge in [0.15, 0.2) is 5.65 Å². The SMILES string of the molecule is Cc1cc(NCCNC2CC2)n2ncnc2c1. The fourth-order valence-corrected chi connectivity index (χ4v) is 1.94. The van der Waals surface area contributed by atoms with Crippen molar-refractivity contribution in [3.63, 3.8) is 0 Å². The average Bonchev–Trinajstić information content (AvgIpc) is 3.01. The maximum absolute atomic E-state index is 4.21. The maximum Gasteiger partial charge on any atom is 0.157 e. The highest BCUT2D eigenvalue weighted by molar-refractivity contribution is 5.51. The van der Waals surface area contributed by atoms with Crippen LogP contribution in [0, 0.1) is 6.92 Å². The molecule has 0 amide bonds. The summed E-state index contributed by atoms with van der Waals surface area (Å²) in [6, 6.07) is 4.89. The van der Waals surface area contributed by atoms with Crippen LogP contribution < -0.4 is 10.6 Å². The third-order valence-corrected chi connectivity index (χ3v) is 2.96. The summed E-state index contributed by atoms with van der Waals surface area (Å²) in [5, 5.41) is 11.1. The number of anilines is 1. The van der Waals surface area contributed by atoms with Crippen LogP contribution in [0.2, 0.25) is 0 Å². The molecule has 2 N–H and O–H groups in total. The first-order valence-electron chi connectivity index (χ1n) is 6.10. The summed E-state index contributed by atoms with van der Waals surface area (Å²) >= 11 is 0. The lowest BCUT2D eigenvalue weighted by molar-refractivity contribution is 0.699. The van der Waals surface area contributed by atoms with Crippen molar-refractivity contribution in [2.24, 2.45) is 0 Å². The van der Waals surface area contributed by atoms with Gasteiger partial charge in [0.1, 0.15) is 12.1 Å². The van der Waals surface area contributed by atoms with Crippen LogP contribution in [0.25, 0.3) is 5.65 Å². The molecule has 1 saturated carbocycles. The molecule has 3 rings (SSSR count). The Morgan fingerprint density at radius 1 is 1.35 bits per heavy atom. The third kappa shape index (κ3) is 2.39. The van der Waals surface area contributed by atoms with E-state index >= 15 is 0 Å². The summed E-state index contributed by atoms with van der Waals surface area (Å²) in [7, 11) is 0. The number of aryl methyl sites for hydroxylation is 1. The Bertz CT molecular complexity index is 515. The van der Waals surface area contributed by atoms with Crippen LogP contribution in [0.3, 0.4) is 0 Å². The molecule has 0 aliphatic heterocycles. The molecule has 1 aliphatic rings. The summed E-state index contributed by atoms with van der Waals surface area (Å²) in [5.41, 5.74) is 2.09. The second kappa shape index (κ2) is 4.33. The predicted molar refractivity (Wildman–Crippen MR) is 67.2 cm³/mol. The van der Waals surface area contributed by atoms with Crippen LogP contribution in [0.5, 0.6) is 0 Å². The molecule has 2 heterocycles. The van der Waals surface area contributed by atoms with Crippen LogP contribution in [-0.4, -0.2) is 33.7 Å². The van der Waals surface area contributed by atoms with E-state index in [0.29, 0.717) is 0 Å². The Labute approximate surface area is 100 Å².